The zero-order valence-corrected chi connectivity index (χ0v) is 18.8. The predicted molar refractivity (Wildman–Crippen MR) is 122 cm³/mol. The summed E-state index contributed by atoms with van der Waals surface area (Å²) >= 11 is 0. The lowest BCUT2D eigenvalue weighted by Crippen LogP contribution is -2.46. The molecule has 1 unspecified atom stereocenters. The summed E-state index contributed by atoms with van der Waals surface area (Å²) in [6, 6.07) is 10.7. The van der Waals surface area contributed by atoms with Crippen LogP contribution in [0.15, 0.2) is 30.3 Å². The van der Waals surface area contributed by atoms with E-state index in [1.165, 1.54) is 5.69 Å². The van der Waals surface area contributed by atoms with Crippen LogP contribution in [0.3, 0.4) is 0 Å². The van der Waals surface area contributed by atoms with Crippen LogP contribution in [0.5, 0.6) is 0 Å². The number of para-hydroxylation sites is 1. The first kappa shape index (κ1) is 28.5. The van der Waals surface area contributed by atoms with E-state index in [9.17, 15) is 4.79 Å². The standard InChI is InChI=1S/C19H32N4O.3ClH/c1-17(16-20-2)19(24)21-10-6-7-11-22-12-14-23(15-13-22)18-8-4-3-5-9-18;;;/h3-5,8-9,17,20H,6-7,10-16H2,1-2H3,(H,21,24);3*1H. The molecule has 1 atom stereocenters. The van der Waals surface area contributed by atoms with Crippen LogP contribution in [0.2, 0.25) is 0 Å². The Morgan fingerprint density at radius 2 is 1.67 bits per heavy atom. The van der Waals surface area contributed by atoms with Gasteiger partial charge in [-0.1, -0.05) is 25.1 Å². The molecule has 0 bridgehead atoms. The number of rotatable bonds is 9. The van der Waals surface area contributed by atoms with Crippen LogP contribution < -0.4 is 15.5 Å². The van der Waals surface area contributed by atoms with Crippen molar-refractivity contribution in [3.05, 3.63) is 30.3 Å². The van der Waals surface area contributed by atoms with Crippen molar-refractivity contribution in [2.24, 2.45) is 5.92 Å². The summed E-state index contributed by atoms with van der Waals surface area (Å²) in [6.07, 6.45) is 2.20. The molecule has 1 fully saturated rings. The highest BCUT2D eigenvalue weighted by molar-refractivity contribution is 5.86. The minimum atomic E-state index is 0. The number of anilines is 1. The van der Waals surface area contributed by atoms with Crippen molar-refractivity contribution in [2.75, 3.05) is 57.8 Å². The van der Waals surface area contributed by atoms with Gasteiger partial charge in [0, 0.05) is 50.9 Å². The Labute approximate surface area is 182 Å². The maximum atomic E-state index is 11.8. The average Bonchev–Trinajstić information content (AvgIpc) is 2.62. The van der Waals surface area contributed by atoms with Gasteiger partial charge in [-0.3, -0.25) is 9.69 Å². The lowest BCUT2D eigenvalue weighted by Gasteiger charge is -2.36. The van der Waals surface area contributed by atoms with Gasteiger partial charge in [0.05, 0.1) is 0 Å². The molecule has 1 aliphatic heterocycles. The van der Waals surface area contributed by atoms with E-state index in [0.717, 1.165) is 58.7 Å². The van der Waals surface area contributed by atoms with E-state index in [1.807, 2.05) is 14.0 Å². The first-order chi connectivity index (χ1) is 11.7. The second-order valence-corrected chi connectivity index (χ2v) is 6.62. The molecule has 27 heavy (non-hydrogen) atoms. The quantitative estimate of drug-likeness (QED) is 0.579. The fourth-order valence-electron chi connectivity index (χ4n) is 3.11. The summed E-state index contributed by atoms with van der Waals surface area (Å²) in [4.78, 5) is 16.8. The molecule has 1 saturated heterocycles. The van der Waals surface area contributed by atoms with Gasteiger partial charge in [0.15, 0.2) is 0 Å². The van der Waals surface area contributed by atoms with Crippen LogP contribution >= 0.6 is 37.2 Å². The van der Waals surface area contributed by atoms with Gasteiger partial charge in [-0.2, -0.15) is 0 Å². The molecule has 1 amide bonds. The molecule has 2 rings (SSSR count). The number of nitrogens with one attached hydrogen (secondary N) is 2. The molecule has 5 nitrogen and oxygen atoms in total. The van der Waals surface area contributed by atoms with Crippen LogP contribution in [-0.4, -0.2) is 63.7 Å². The predicted octanol–water partition coefficient (Wildman–Crippen LogP) is 2.83. The number of unbranched alkanes of at least 4 members (excludes halogenated alkanes) is 1. The highest BCUT2D eigenvalue weighted by Crippen LogP contribution is 2.15. The third kappa shape index (κ3) is 10.4. The number of amides is 1. The topological polar surface area (TPSA) is 47.6 Å². The van der Waals surface area contributed by atoms with E-state index in [1.54, 1.807) is 0 Å². The molecular formula is C19H35Cl3N4O. The number of hydrogen-bond acceptors (Lipinski definition) is 4. The maximum absolute atomic E-state index is 11.8. The SMILES string of the molecule is CNCC(C)C(=O)NCCCCN1CCN(c2ccccc2)CC1.Cl.Cl.Cl. The van der Waals surface area contributed by atoms with E-state index in [-0.39, 0.29) is 49.0 Å². The van der Waals surface area contributed by atoms with Crippen molar-refractivity contribution in [3.63, 3.8) is 0 Å². The number of piperazine rings is 1. The molecule has 0 saturated carbocycles. The van der Waals surface area contributed by atoms with E-state index in [2.05, 4.69) is 50.8 Å². The molecule has 1 aromatic rings. The van der Waals surface area contributed by atoms with Crippen LogP contribution in [0, 0.1) is 5.92 Å². The molecule has 1 aliphatic rings. The minimum absolute atomic E-state index is 0. The Kier molecular flexibility index (Phi) is 17.2. The van der Waals surface area contributed by atoms with E-state index < -0.39 is 0 Å². The zero-order chi connectivity index (χ0) is 17.2. The second kappa shape index (κ2) is 16.3. The smallest absolute Gasteiger partial charge is 0.224 e. The van der Waals surface area contributed by atoms with Gasteiger partial charge in [0.1, 0.15) is 0 Å². The van der Waals surface area contributed by atoms with Crippen LogP contribution in [-0.2, 0) is 4.79 Å². The van der Waals surface area contributed by atoms with Gasteiger partial charge in [-0.05, 0) is 38.6 Å². The number of carbonyl (C=O) groups is 1. The largest absolute Gasteiger partial charge is 0.369 e. The van der Waals surface area contributed by atoms with Crippen LogP contribution in [0.4, 0.5) is 5.69 Å². The summed E-state index contributed by atoms with van der Waals surface area (Å²) in [5, 5.41) is 6.06. The summed E-state index contributed by atoms with van der Waals surface area (Å²) in [6.45, 7) is 9.06. The summed E-state index contributed by atoms with van der Waals surface area (Å²) in [5.74, 6) is 0.196. The van der Waals surface area contributed by atoms with E-state index >= 15 is 0 Å². The number of halogens is 3. The maximum Gasteiger partial charge on any atom is 0.224 e. The van der Waals surface area contributed by atoms with E-state index in [0.29, 0.717) is 0 Å². The Bertz CT molecular complexity index is 485. The van der Waals surface area contributed by atoms with E-state index in [4.69, 9.17) is 0 Å². The lowest BCUT2D eigenvalue weighted by atomic mass is 10.1. The molecule has 1 aromatic carbocycles. The van der Waals surface area contributed by atoms with Crippen molar-refractivity contribution in [1.29, 1.82) is 0 Å². The Morgan fingerprint density at radius 3 is 2.26 bits per heavy atom. The Balaban J connectivity index is 0. The van der Waals surface area contributed by atoms with Crippen molar-refractivity contribution < 1.29 is 4.79 Å². The normalized spacial score (nSPS) is 15.0. The molecular weight excluding hydrogens is 407 g/mol. The van der Waals surface area contributed by atoms with Crippen LogP contribution in [0.1, 0.15) is 19.8 Å². The first-order valence-electron chi connectivity index (χ1n) is 9.15. The van der Waals surface area contributed by atoms with Crippen molar-refractivity contribution in [1.82, 2.24) is 15.5 Å². The first-order valence-corrected chi connectivity index (χ1v) is 9.15. The summed E-state index contributed by atoms with van der Waals surface area (Å²) in [7, 11) is 1.88. The van der Waals surface area contributed by atoms with Gasteiger partial charge in [0.2, 0.25) is 5.91 Å². The highest BCUT2D eigenvalue weighted by atomic mass is 35.5. The van der Waals surface area contributed by atoms with Gasteiger partial charge in [-0.25, -0.2) is 0 Å². The molecule has 0 aromatic heterocycles. The van der Waals surface area contributed by atoms with Crippen molar-refractivity contribution in [3.8, 4) is 0 Å². The summed E-state index contributed by atoms with van der Waals surface area (Å²) < 4.78 is 0. The zero-order valence-electron chi connectivity index (χ0n) is 16.4. The molecule has 8 heteroatoms. The van der Waals surface area contributed by atoms with Gasteiger partial charge < -0.3 is 15.5 Å². The van der Waals surface area contributed by atoms with Crippen molar-refractivity contribution in [2.45, 2.75) is 19.8 Å². The third-order valence-electron chi connectivity index (χ3n) is 4.65. The minimum Gasteiger partial charge on any atom is -0.369 e. The number of carbonyl (C=O) groups excluding carboxylic acids is 1. The average molecular weight is 442 g/mol. The molecule has 158 valence electrons. The molecule has 0 aliphatic carbocycles. The number of hydrogen-bond donors (Lipinski definition) is 2. The van der Waals surface area contributed by atoms with Gasteiger partial charge >= 0.3 is 0 Å². The number of benzene rings is 1. The monoisotopic (exact) mass is 440 g/mol. The van der Waals surface area contributed by atoms with Crippen molar-refractivity contribution >= 4 is 48.8 Å². The second-order valence-electron chi connectivity index (χ2n) is 6.62. The fourth-order valence-corrected chi connectivity index (χ4v) is 3.11. The Hall–Kier alpha value is -0.720. The molecule has 0 spiro atoms. The Morgan fingerprint density at radius 1 is 1.04 bits per heavy atom. The molecule has 2 N–H and O–H groups in total. The van der Waals surface area contributed by atoms with Crippen LogP contribution in [0.25, 0.3) is 0 Å². The fraction of sp³-hybridized carbons (Fsp3) is 0.632. The highest BCUT2D eigenvalue weighted by Gasteiger charge is 2.16. The summed E-state index contributed by atoms with van der Waals surface area (Å²) in [5.41, 5.74) is 1.33. The molecule has 0 radical (unpaired) electrons. The van der Waals surface area contributed by atoms with Gasteiger partial charge in [0.25, 0.3) is 0 Å². The molecule has 1 heterocycles. The van der Waals surface area contributed by atoms with Gasteiger partial charge in [-0.15, -0.1) is 37.2 Å². The third-order valence-corrected chi connectivity index (χ3v) is 4.65. The lowest BCUT2D eigenvalue weighted by molar-refractivity contribution is -0.124. The number of nitrogens with zero attached hydrogens (tertiary/aromatic N) is 2.